The molecule has 0 aliphatic rings. The minimum Gasteiger partial charge on any atom is -0.393 e. The van der Waals surface area contributed by atoms with Gasteiger partial charge >= 0.3 is 0 Å². The fourth-order valence-electron chi connectivity index (χ4n) is 0. The Balaban J connectivity index is 0. The maximum absolute atomic E-state index is 8.36. The summed E-state index contributed by atoms with van der Waals surface area (Å²) in [7, 11) is 0. The number of hydrogen-bond donors (Lipinski definition) is 1. The van der Waals surface area contributed by atoms with Crippen LogP contribution >= 0.6 is 0 Å². The molecule has 0 aliphatic heterocycles. The van der Waals surface area contributed by atoms with E-state index >= 15 is 0 Å². The number of aliphatic hydroxyl groups excluding tert-OH is 1. The smallest absolute Gasteiger partial charge is 0.0509 e. The Bertz CT molecular complexity index is 25.4. The zero-order chi connectivity index (χ0) is 6.28. The van der Waals surface area contributed by atoms with Crippen LogP contribution in [0.25, 0.3) is 0 Å². The van der Waals surface area contributed by atoms with Gasteiger partial charge in [-0.15, -0.1) is 13.2 Å². The summed E-state index contributed by atoms with van der Waals surface area (Å²) in [5.41, 5.74) is 0. The topological polar surface area (TPSA) is 20.2 Å². The van der Waals surface area contributed by atoms with Crippen molar-refractivity contribution in [3.63, 3.8) is 0 Å². The largest absolute Gasteiger partial charge is 0.393 e. The van der Waals surface area contributed by atoms with E-state index in [1.807, 2.05) is 6.92 Å². The maximum atomic E-state index is 8.36. The lowest BCUT2D eigenvalue weighted by molar-refractivity contribution is 0.191. The molecular weight excluding hydrogens is 88.1 g/mol. The lowest BCUT2D eigenvalue weighted by Gasteiger charge is -1.90. The highest BCUT2D eigenvalue weighted by molar-refractivity contribution is 4.34. The third-order valence-electron chi connectivity index (χ3n) is 0.591. The molecule has 1 N–H and O–H groups in total. The third kappa shape index (κ3) is 27.0. The van der Waals surface area contributed by atoms with Crippen molar-refractivity contribution < 1.29 is 5.11 Å². The van der Waals surface area contributed by atoms with Gasteiger partial charge in [-0.05, 0) is 13.3 Å². The molecule has 1 nitrogen and oxygen atoms in total. The van der Waals surface area contributed by atoms with Crippen molar-refractivity contribution >= 4 is 0 Å². The van der Waals surface area contributed by atoms with E-state index in [2.05, 4.69) is 13.2 Å². The van der Waals surface area contributed by atoms with Crippen LogP contribution < -0.4 is 0 Å². The lowest BCUT2D eigenvalue weighted by atomic mass is 10.3. The molecule has 0 aliphatic carbocycles. The molecule has 0 aromatic heterocycles. The Kier molecular flexibility index (Phi) is 12.9. The van der Waals surface area contributed by atoms with E-state index in [0.717, 1.165) is 6.42 Å². The van der Waals surface area contributed by atoms with Gasteiger partial charge in [0.2, 0.25) is 0 Å². The first-order chi connectivity index (χ1) is 3.27. The van der Waals surface area contributed by atoms with Gasteiger partial charge in [0.25, 0.3) is 0 Å². The maximum Gasteiger partial charge on any atom is 0.0509 e. The predicted molar refractivity (Wildman–Crippen MR) is 33.2 cm³/mol. The molecule has 0 rings (SSSR count). The standard InChI is InChI=1S/C4H10O.C2H4/c1-3-4(2)5;1-2/h4-5H,3H2,1-2H3;1-2H2. The number of hydrogen-bond acceptors (Lipinski definition) is 1. The zero-order valence-corrected chi connectivity index (χ0v) is 5.15. The van der Waals surface area contributed by atoms with E-state index in [1.54, 1.807) is 6.92 Å². The van der Waals surface area contributed by atoms with E-state index in [-0.39, 0.29) is 6.10 Å². The minimum atomic E-state index is -0.116. The van der Waals surface area contributed by atoms with Crippen LogP contribution in [-0.2, 0) is 0 Å². The van der Waals surface area contributed by atoms with Crippen molar-refractivity contribution in [3.05, 3.63) is 13.2 Å². The van der Waals surface area contributed by atoms with Gasteiger partial charge in [0, 0.05) is 0 Å². The van der Waals surface area contributed by atoms with Gasteiger partial charge in [-0.25, -0.2) is 0 Å². The van der Waals surface area contributed by atoms with Gasteiger partial charge in [0.15, 0.2) is 0 Å². The molecule has 7 heavy (non-hydrogen) atoms. The average Bonchev–Trinajstić information content (AvgIpc) is 1.73. The van der Waals surface area contributed by atoms with Crippen molar-refractivity contribution in [2.45, 2.75) is 26.4 Å². The molecule has 0 saturated heterocycles. The van der Waals surface area contributed by atoms with Crippen LogP contribution in [0, 0.1) is 0 Å². The Hall–Kier alpha value is -0.300. The van der Waals surface area contributed by atoms with Crippen molar-refractivity contribution in [1.82, 2.24) is 0 Å². The molecule has 1 atom stereocenters. The summed E-state index contributed by atoms with van der Waals surface area (Å²) in [6.45, 7) is 9.73. The molecule has 44 valence electrons. The second-order valence-electron chi connectivity index (χ2n) is 1.26. The highest BCUT2D eigenvalue weighted by Crippen LogP contribution is 1.81. The summed E-state index contributed by atoms with van der Waals surface area (Å²) in [5, 5.41) is 8.36. The van der Waals surface area contributed by atoms with Crippen LogP contribution in [0.5, 0.6) is 0 Å². The average molecular weight is 102 g/mol. The summed E-state index contributed by atoms with van der Waals surface area (Å²) in [4.78, 5) is 0. The van der Waals surface area contributed by atoms with E-state index in [9.17, 15) is 0 Å². The highest BCUT2D eigenvalue weighted by Gasteiger charge is 1.81. The van der Waals surface area contributed by atoms with Crippen LogP contribution in [-0.4, -0.2) is 11.2 Å². The van der Waals surface area contributed by atoms with Crippen molar-refractivity contribution in [3.8, 4) is 0 Å². The number of rotatable bonds is 1. The van der Waals surface area contributed by atoms with Gasteiger partial charge in [0.1, 0.15) is 0 Å². The fraction of sp³-hybridized carbons (Fsp3) is 0.667. The Morgan fingerprint density at radius 2 is 1.71 bits per heavy atom. The molecule has 1 unspecified atom stereocenters. The van der Waals surface area contributed by atoms with Crippen LogP contribution in [0.1, 0.15) is 20.3 Å². The van der Waals surface area contributed by atoms with Gasteiger partial charge in [-0.3, -0.25) is 0 Å². The van der Waals surface area contributed by atoms with Crippen molar-refractivity contribution in [1.29, 1.82) is 0 Å². The molecule has 0 aromatic carbocycles. The molecule has 0 spiro atoms. The highest BCUT2D eigenvalue weighted by atomic mass is 16.3. The number of aliphatic hydroxyl groups is 1. The third-order valence-corrected chi connectivity index (χ3v) is 0.591. The summed E-state index contributed by atoms with van der Waals surface area (Å²) in [6.07, 6.45) is 0.745. The molecule has 0 fully saturated rings. The molecular formula is C6H14O. The fourth-order valence-corrected chi connectivity index (χ4v) is 0. The molecule has 0 heterocycles. The van der Waals surface area contributed by atoms with E-state index in [1.165, 1.54) is 0 Å². The summed E-state index contributed by atoms with van der Waals surface area (Å²) in [6, 6.07) is 0. The van der Waals surface area contributed by atoms with E-state index in [0.29, 0.717) is 0 Å². The molecule has 0 bridgehead atoms. The van der Waals surface area contributed by atoms with Crippen LogP contribution in [0.15, 0.2) is 13.2 Å². The predicted octanol–water partition coefficient (Wildman–Crippen LogP) is 1.58. The molecule has 0 amide bonds. The first-order valence-corrected chi connectivity index (χ1v) is 2.45. The lowest BCUT2D eigenvalue weighted by Crippen LogP contribution is -1.93. The van der Waals surface area contributed by atoms with Crippen LogP contribution in [0.3, 0.4) is 0 Å². The molecule has 1 heteroatoms. The van der Waals surface area contributed by atoms with E-state index < -0.39 is 0 Å². The van der Waals surface area contributed by atoms with Gasteiger partial charge in [-0.2, -0.15) is 0 Å². The SMILES string of the molecule is C=C.CCC(C)O. The van der Waals surface area contributed by atoms with Gasteiger partial charge in [0.05, 0.1) is 6.10 Å². The van der Waals surface area contributed by atoms with Crippen LogP contribution in [0.2, 0.25) is 0 Å². The van der Waals surface area contributed by atoms with Crippen molar-refractivity contribution in [2.24, 2.45) is 0 Å². The summed E-state index contributed by atoms with van der Waals surface area (Å²) in [5.74, 6) is 0. The van der Waals surface area contributed by atoms with Gasteiger partial charge < -0.3 is 5.11 Å². The Morgan fingerprint density at radius 1 is 1.57 bits per heavy atom. The monoisotopic (exact) mass is 102 g/mol. The quantitative estimate of drug-likeness (QED) is 0.498. The second kappa shape index (κ2) is 9.20. The molecule has 0 aromatic rings. The molecule has 0 radical (unpaired) electrons. The van der Waals surface area contributed by atoms with Crippen molar-refractivity contribution in [2.75, 3.05) is 0 Å². The first-order valence-electron chi connectivity index (χ1n) is 2.45. The summed E-state index contributed by atoms with van der Waals surface area (Å²) >= 11 is 0. The zero-order valence-electron chi connectivity index (χ0n) is 5.15. The Labute approximate surface area is 45.7 Å². The first kappa shape index (κ1) is 9.85. The summed E-state index contributed by atoms with van der Waals surface area (Å²) < 4.78 is 0. The Morgan fingerprint density at radius 3 is 1.71 bits per heavy atom. The van der Waals surface area contributed by atoms with Gasteiger partial charge in [-0.1, -0.05) is 6.92 Å². The normalized spacial score (nSPS) is 11.3. The van der Waals surface area contributed by atoms with Crippen LogP contribution in [0.4, 0.5) is 0 Å². The van der Waals surface area contributed by atoms with E-state index in [4.69, 9.17) is 5.11 Å². The molecule has 0 saturated carbocycles. The second-order valence-corrected chi connectivity index (χ2v) is 1.26. The minimum absolute atomic E-state index is 0.116.